The number of halogens is 5. The van der Waals surface area contributed by atoms with Gasteiger partial charge in [0.05, 0.1) is 17.8 Å². The Kier molecular flexibility index (Phi) is 8.54. The van der Waals surface area contributed by atoms with Crippen molar-refractivity contribution in [2.45, 2.75) is 31.1 Å². The van der Waals surface area contributed by atoms with Crippen molar-refractivity contribution in [3.63, 3.8) is 0 Å². The number of anilines is 1. The zero-order valence-corrected chi connectivity index (χ0v) is 20.8. The molecule has 1 atom stereocenters. The van der Waals surface area contributed by atoms with Crippen LogP contribution in [0.1, 0.15) is 30.0 Å². The van der Waals surface area contributed by atoms with E-state index < -0.39 is 48.6 Å². The quantitative estimate of drug-likeness (QED) is 0.508. The number of cyclic esters (lactones) is 1. The first-order valence-corrected chi connectivity index (χ1v) is 12.3. The lowest BCUT2D eigenvalue weighted by Crippen LogP contribution is -2.51. The number of hydrogen-bond acceptors (Lipinski definition) is 6. The molecule has 0 aromatic heterocycles. The van der Waals surface area contributed by atoms with Crippen molar-refractivity contribution in [3.8, 4) is 6.07 Å². The molecule has 4 rings (SSSR count). The van der Waals surface area contributed by atoms with E-state index in [9.17, 15) is 36.8 Å². The van der Waals surface area contributed by atoms with Crippen LogP contribution in [-0.4, -0.2) is 73.5 Å². The van der Waals surface area contributed by atoms with Crippen LogP contribution in [0.2, 0.25) is 0 Å². The molecule has 2 saturated heterocycles. The van der Waals surface area contributed by atoms with E-state index >= 15 is 0 Å². The minimum atomic E-state index is -4.47. The number of rotatable bonds is 7. The minimum Gasteiger partial charge on any atom is -0.446 e. The van der Waals surface area contributed by atoms with Crippen molar-refractivity contribution in [3.05, 3.63) is 65.2 Å². The van der Waals surface area contributed by atoms with E-state index in [-0.39, 0.29) is 25.3 Å². The molecule has 2 aliphatic rings. The molecule has 0 unspecified atom stereocenters. The predicted molar refractivity (Wildman–Crippen MR) is 130 cm³/mol. The molecule has 39 heavy (non-hydrogen) atoms. The van der Waals surface area contributed by atoms with E-state index in [1.807, 2.05) is 4.90 Å². The molecule has 208 valence electrons. The molecule has 8 nitrogen and oxygen atoms in total. The average Bonchev–Trinajstić information content (AvgIpc) is 3.30. The third kappa shape index (κ3) is 6.75. The van der Waals surface area contributed by atoms with Gasteiger partial charge in [-0.3, -0.25) is 4.90 Å². The van der Waals surface area contributed by atoms with Crippen molar-refractivity contribution in [2.24, 2.45) is 0 Å². The standard InChI is InChI=1S/C26H26F5N5O3/c27-20-6-5-17(13-21(20)28)23-15-39-25(38)36(23)24(37)33-9-12-35(16-26(29,30)31)19-7-10-34(11-8-19)22-4-2-1-3-18(22)14-32/h1-6,13,19,23H,7-12,15-16H2,(H,33,37)/t23-/m1/s1. The highest BCUT2D eigenvalue weighted by molar-refractivity contribution is 5.92. The summed E-state index contributed by atoms with van der Waals surface area (Å²) >= 11 is 0. The maximum Gasteiger partial charge on any atom is 0.418 e. The van der Waals surface area contributed by atoms with Crippen LogP contribution in [-0.2, 0) is 4.74 Å². The normalized spacial score (nSPS) is 18.3. The molecule has 0 aliphatic carbocycles. The van der Waals surface area contributed by atoms with Gasteiger partial charge in [-0.2, -0.15) is 18.4 Å². The summed E-state index contributed by atoms with van der Waals surface area (Å²) < 4.78 is 72.0. The molecule has 2 heterocycles. The number of para-hydroxylation sites is 1. The van der Waals surface area contributed by atoms with Gasteiger partial charge in [0.15, 0.2) is 11.6 Å². The van der Waals surface area contributed by atoms with Crippen LogP contribution in [0, 0.1) is 23.0 Å². The fraction of sp³-hybridized carbons (Fsp3) is 0.423. The molecule has 2 aromatic rings. The highest BCUT2D eigenvalue weighted by Crippen LogP contribution is 2.30. The number of piperidine rings is 1. The first kappa shape index (κ1) is 28.1. The first-order valence-electron chi connectivity index (χ1n) is 12.3. The molecule has 2 aromatic carbocycles. The number of carbonyl (C=O) groups is 2. The fourth-order valence-corrected chi connectivity index (χ4v) is 4.94. The third-order valence-electron chi connectivity index (χ3n) is 6.82. The fourth-order valence-electron chi connectivity index (χ4n) is 4.94. The highest BCUT2D eigenvalue weighted by Gasteiger charge is 2.40. The van der Waals surface area contributed by atoms with Crippen LogP contribution in [0.4, 0.5) is 37.2 Å². The van der Waals surface area contributed by atoms with Crippen LogP contribution in [0.3, 0.4) is 0 Å². The van der Waals surface area contributed by atoms with Crippen molar-refractivity contribution in [2.75, 3.05) is 44.2 Å². The predicted octanol–water partition coefficient (Wildman–Crippen LogP) is 4.57. The largest absolute Gasteiger partial charge is 0.446 e. The van der Waals surface area contributed by atoms with Crippen LogP contribution in [0.5, 0.6) is 0 Å². The second-order valence-electron chi connectivity index (χ2n) is 9.30. The topological polar surface area (TPSA) is 88.9 Å². The van der Waals surface area contributed by atoms with Crippen LogP contribution >= 0.6 is 0 Å². The monoisotopic (exact) mass is 551 g/mol. The van der Waals surface area contributed by atoms with Gasteiger partial charge in [0.25, 0.3) is 0 Å². The van der Waals surface area contributed by atoms with E-state index in [4.69, 9.17) is 4.74 Å². The first-order chi connectivity index (χ1) is 18.6. The molecule has 3 amide bonds. The third-order valence-corrected chi connectivity index (χ3v) is 6.82. The zero-order valence-electron chi connectivity index (χ0n) is 20.8. The Bertz CT molecular complexity index is 1240. The van der Waals surface area contributed by atoms with E-state index in [1.165, 1.54) is 11.0 Å². The summed E-state index contributed by atoms with van der Waals surface area (Å²) in [4.78, 5) is 28.9. The second-order valence-corrected chi connectivity index (χ2v) is 9.30. The number of benzene rings is 2. The summed E-state index contributed by atoms with van der Waals surface area (Å²) in [6.07, 6.45) is -4.63. The smallest absolute Gasteiger partial charge is 0.418 e. The molecular weight excluding hydrogens is 525 g/mol. The number of urea groups is 1. The number of nitrogens with zero attached hydrogens (tertiary/aromatic N) is 4. The molecular formula is C26H26F5N5O3. The minimum absolute atomic E-state index is 0.135. The number of nitrogens with one attached hydrogen (secondary N) is 1. The molecule has 0 bridgehead atoms. The van der Waals surface area contributed by atoms with Crippen molar-refractivity contribution in [1.82, 2.24) is 15.1 Å². The Balaban J connectivity index is 1.37. The molecule has 2 fully saturated rings. The van der Waals surface area contributed by atoms with Crippen LogP contribution < -0.4 is 10.2 Å². The van der Waals surface area contributed by atoms with Gasteiger partial charge < -0.3 is 15.0 Å². The average molecular weight is 552 g/mol. The van der Waals surface area contributed by atoms with Gasteiger partial charge >= 0.3 is 18.3 Å². The Morgan fingerprint density at radius 2 is 1.85 bits per heavy atom. The number of alkyl halides is 3. The lowest BCUT2D eigenvalue weighted by molar-refractivity contribution is -0.151. The summed E-state index contributed by atoms with van der Waals surface area (Å²) in [6, 6.07) is 9.76. The van der Waals surface area contributed by atoms with Gasteiger partial charge in [-0.25, -0.2) is 23.3 Å². The van der Waals surface area contributed by atoms with Gasteiger partial charge in [-0.15, -0.1) is 0 Å². The van der Waals surface area contributed by atoms with Gasteiger partial charge in [0.2, 0.25) is 0 Å². The summed E-state index contributed by atoms with van der Waals surface area (Å²) in [5, 5.41) is 11.8. The van der Waals surface area contributed by atoms with Crippen molar-refractivity contribution >= 4 is 17.8 Å². The Morgan fingerprint density at radius 3 is 2.51 bits per heavy atom. The lowest BCUT2D eigenvalue weighted by atomic mass is 10.0. The number of hydrogen-bond donors (Lipinski definition) is 1. The van der Waals surface area contributed by atoms with Crippen LogP contribution in [0.25, 0.3) is 0 Å². The molecule has 13 heteroatoms. The van der Waals surface area contributed by atoms with Crippen molar-refractivity contribution < 1.29 is 36.3 Å². The van der Waals surface area contributed by atoms with Gasteiger partial charge in [-0.05, 0) is 42.7 Å². The Labute approximate surface area is 221 Å². The Morgan fingerprint density at radius 1 is 1.13 bits per heavy atom. The van der Waals surface area contributed by atoms with E-state index in [0.717, 1.165) is 17.8 Å². The highest BCUT2D eigenvalue weighted by atomic mass is 19.4. The summed E-state index contributed by atoms with van der Waals surface area (Å²) in [6.45, 7) is -0.861. The molecule has 0 radical (unpaired) electrons. The van der Waals surface area contributed by atoms with E-state index in [2.05, 4.69) is 11.4 Å². The second kappa shape index (κ2) is 11.9. The summed E-state index contributed by atoms with van der Waals surface area (Å²) in [5.74, 6) is -2.25. The number of amides is 3. The molecule has 0 saturated carbocycles. The molecule has 2 aliphatic heterocycles. The number of imide groups is 1. The molecule has 1 N–H and O–H groups in total. The van der Waals surface area contributed by atoms with E-state index in [0.29, 0.717) is 36.4 Å². The van der Waals surface area contributed by atoms with Gasteiger partial charge in [0, 0.05) is 32.2 Å². The summed E-state index contributed by atoms with van der Waals surface area (Å²) in [7, 11) is 0. The maximum atomic E-state index is 13.7. The van der Waals surface area contributed by atoms with E-state index in [1.54, 1.807) is 24.3 Å². The zero-order chi connectivity index (χ0) is 28.2. The van der Waals surface area contributed by atoms with Gasteiger partial charge in [0.1, 0.15) is 18.7 Å². The molecule has 0 spiro atoms. The lowest BCUT2D eigenvalue weighted by Gasteiger charge is -2.40. The number of ether oxygens (including phenoxy) is 1. The summed E-state index contributed by atoms with van der Waals surface area (Å²) in [5.41, 5.74) is 1.37. The number of carbonyl (C=O) groups excluding carboxylic acids is 2. The van der Waals surface area contributed by atoms with Crippen LogP contribution in [0.15, 0.2) is 42.5 Å². The SMILES string of the molecule is N#Cc1ccccc1N1CCC(N(CCNC(=O)N2C(=O)OC[C@@H]2c2ccc(F)c(F)c2)CC(F)(F)F)CC1. The maximum absolute atomic E-state index is 13.7. The number of nitriles is 1. The van der Waals surface area contributed by atoms with Crippen molar-refractivity contribution in [1.29, 1.82) is 5.26 Å². The van der Waals surface area contributed by atoms with Gasteiger partial charge in [-0.1, -0.05) is 18.2 Å². The Hall–Kier alpha value is -3.92.